The van der Waals surface area contributed by atoms with Gasteiger partial charge in [0.15, 0.2) is 5.78 Å². The van der Waals surface area contributed by atoms with Gasteiger partial charge in [-0.1, -0.05) is 23.2 Å². The smallest absolute Gasteiger partial charge is 0.343 e. The molecule has 0 N–H and O–H groups in total. The normalized spacial score (nSPS) is 11.1. The van der Waals surface area contributed by atoms with Crippen molar-refractivity contribution in [1.29, 1.82) is 0 Å². The van der Waals surface area contributed by atoms with Crippen LogP contribution in [0.4, 0.5) is 5.69 Å². The largest absolute Gasteiger partial charge is 0.423 e. The maximum Gasteiger partial charge on any atom is 0.343 e. The molecule has 3 aromatic rings. The molecule has 0 amide bonds. The maximum absolute atomic E-state index is 13.1. The third-order valence-corrected chi connectivity index (χ3v) is 6.99. The number of esters is 1. The van der Waals surface area contributed by atoms with Gasteiger partial charge in [-0.3, -0.25) is 9.10 Å². The van der Waals surface area contributed by atoms with E-state index in [4.69, 9.17) is 27.9 Å². The second-order valence-corrected chi connectivity index (χ2v) is 9.35. The van der Waals surface area contributed by atoms with Gasteiger partial charge in [-0.2, -0.15) is 0 Å². The topological polar surface area (TPSA) is 80.8 Å². The highest BCUT2D eigenvalue weighted by molar-refractivity contribution is 7.93. The number of halogens is 2. The molecule has 0 aromatic heterocycles. The summed E-state index contributed by atoms with van der Waals surface area (Å²) in [6, 6.07) is 16.1. The van der Waals surface area contributed by atoms with Gasteiger partial charge >= 0.3 is 5.97 Å². The average Bonchev–Trinajstić information content (AvgIpc) is 2.74. The van der Waals surface area contributed by atoms with E-state index in [1.165, 1.54) is 50.4 Å². The van der Waals surface area contributed by atoms with Gasteiger partial charge in [-0.15, -0.1) is 0 Å². The van der Waals surface area contributed by atoms with Crippen LogP contribution in [0.2, 0.25) is 10.0 Å². The molecular formula is C22H17Cl2NO5S. The summed E-state index contributed by atoms with van der Waals surface area (Å²) < 4.78 is 32.5. The molecule has 3 rings (SSSR count). The van der Waals surface area contributed by atoms with Crippen molar-refractivity contribution in [2.24, 2.45) is 0 Å². The van der Waals surface area contributed by atoms with Crippen LogP contribution in [0.25, 0.3) is 0 Å². The van der Waals surface area contributed by atoms with Crippen molar-refractivity contribution in [2.75, 3.05) is 11.4 Å². The highest BCUT2D eigenvalue weighted by Crippen LogP contribution is 2.29. The monoisotopic (exact) mass is 477 g/mol. The highest BCUT2D eigenvalue weighted by Gasteiger charge is 2.26. The molecular weight excluding hydrogens is 461 g/mol. The molecule has 160 valence electrons. The molecule has 0 fully saturated rings. The second-order valence-electron chi connectivity index (χ2n) is 6.56. The first kappa shape index (κ1) is 22.8. The first-order valence-corrected chi connectivity index (χ1v) is 11.2. The molecule has 0 radical (unpaired) electrons. The Labute approximate surface area is 190 Å². The van der Waals surface area contributed by atoms with Crippen molar-refractivity contribution in [3.63, 3.8) is 0 Å². The van der Waals surface area contributed by atoms with Crippen LogP contribution in [-0.2, 0) is 10.0 Å². The number of rotatable bonds is 6. The Morgan fingerprint density at radius 1 is 0.871 bits per heavy atom. The van der Waals surface area contributed by atoms with Gasteiger partial charge in [0.2, 0.25) is 0 Å². The number of hydrogen-bond acceptors (Lipinski definition) is 5. The van der Waals surface area contributed by atoms with Gasteiger partial charge in [0, 0.05) is 17.6 Å². The van der Waals surface area contributed by atoms with Crippen LogP contribution in [0.3, 0.4) is 0 Å². The van der Waals surface area contributed by atoms with Crippen LogP contribution in [0.15, 0.2) is 71.6 Å². The third-order valence-electron chi connectivity index (χ3n) is 4.47. The highest BCUT2D eigenvalue weighted by atomic mass is 35.5. The van der Waals surface area contributed by atoms with Gasteiger partial charge in [0.05, 0.1) is 16.3 Å². The van der Waals surface area contributed by atoms with E-state index in [1.54, 1.807) is 24.3 Å². The fourth-order valence-corrected chi connectivity index (χ4v) is 4.51. The van der Waals surface area contributed by atoms with Crippen LogP contribution in [0.5, 0.6) is 5.75 Å². The standard InChI is InChI=1S/C22H17Cl2NO5S/c1-14(26)15-3-10-19(11-4-15)30-22(27)16-5-12-20(24)21(13-16)31(28,29)25(2)18-8-6-17(23)7-9-18/h3-13H,1-2H3. The molecule has 0 atom stereocenters. The van der Waals surface area contributed by atoms with Crippen LogP contribution in [0.1, 0.15) is 27.6 Å². The first-order chi connectivity index (χ1) is 14.6. The Balaban J connectivity index is 1.89. The number of hydrogen-bond donors (Lipinski definition) is 0. The number of ketones is 1. The zero-order valence-corrected chi connectivity index (χ0v) is 18.8. The summed E-state index contributed by atoms with van der Waals surface area (Å²) >= 11 is 12.0. The predicted octanol–water partition coefficient (Wildman–Crippen LogP) is 5.24. The molecule has 0 aliphatic rings. The van der Waals surface area contributed by atoms with E-state index in [-0.39, 0.29) is 27.0 Å². The van der Waals surface area contributed by atoms with Crippen molar-refractivity contribution in [3.05, 3.63) is 87.9 Å². The lowest BCUT2D eigenvalue weighted by atomic mass is 10.1. The number of anilines is 1. The zero-order valence-electron chi connectivity index (χ0n) is 16.5. The lowest BCUT2D eigenvalue weighted by molar-refractivity contribution is 0.0734. The van der Waals surface area contributed by atoms with E-state index in [2.05, 4.69) is 0 Å². The predicted molar refractivity (Wildman–Crippen MR) is 120 cm³/mol. The molecule has 0 aliphatic heterocycles. The van der Waals surface area contributed by atoms with E-state index in [0.29, 0.717) is 16.3 Å². The summed E-state index contributed by atoms with van der Waals surface area (Å²) in [6.07, 6.45) is 0. The molecule has 0 heterocycles. The van der Waals surface area contributed by atoms with E-state index in [9.17, 15) is 18.0 Å². The minimum Gasteiger partial charge on any atom is -0.423 e. The van der Waals surface area contributed by atoms with E-state index in [0.717, 1.165) is 10.4 Å². The van der Waals surface area contributed by atoms with Gasteiger partial charge in [-0.05, 0) is 73.7 Å². The SMILES string of the molecule is CC(=O)c1ccc(OC(=O)c2ccc(Cl)c(S(=O)(=O)N(C)c3ccc(Cl)cc3)c2)cc1. The van der Waals surface area contributed by atoms with Crippen molar-refractivity contribution in [1.82, 2.24) is 0 Å². The second kappa shape index (κ2) is 9.09. The minimum absolute atomic E-state index is 0.00289. The van der Waals surface area contributed by atoms with E-state index in [1.807, 2.05) is 0 Å². The number of carbonyl (C=O) groups is 2. The number of carbonyl (C=O) groups excluding carboxylic acids is 2. The molecule has 0 unspecified atom stereocenters. The lowest BCUT2D eigenvalue weighted by Crippen LogP contribution is -2.27. The number of benzene rings is 3. The van der Waals surface area contributed by atoms with E-state index >= 15 is 0 Å². The zero-order chi connectivity index (χ0) is 22.8. The summed E-state index contributed by atoms with van der Waals surface area (Å²) in [5.74, 6) is -0.666. The Morgan fingerprint density at radius 2 is 1.45 bits per heavy atom. The summed E-state index contributed by atoms with van der Waals surface area (Å²) in [7, 11) is -2.70. The lowest BCUT2D eigenvalue weighted by Gasteiger charge is -2.20. The average molecular weight is 478 g/mol. The van der Waals surface area contributed by atoms with Crippen LogP contribution in [0, 0.1) is 0 Å². The first-order valence-electron chi connectivity index (χ1n) is 8.97. The Kier molecular flexibility index (Phi) is 6.69. The Bertz CT molecular complexity index is 1240. The molecule has 6 nitrogen and oxygen atoms in total. The molecule has 3 aromatic carbocycles. The molecule has 31 heavy (non-hydrogen) atoms. The number of sulfonamides is 1. The maximum atomic E-state index is 13.1. The molecule has 0 saturated carbocycles. The third kappa shape index (κ3) is 5.07. The number of nitrogens with zero attached hydrogens (tertiary/aromatic N) is 1. The van der Waals surface area contributed by atoms with Gasteiger partial charge in [-0.25, -0.2) is 13.2 Å². The summed E-state index contributed by atoms with van der Waals surface area (Å²) in [5.41, 5.74) is 0.854. The number of Topliss-reactive ketones (excluding diaryl/α,β-unsaturated/α-hetero) is 1. The van der Waals surface area contributed by atoms with Crippen molar-refractivity contribution >= 4 is 50.7 Å². The fourth-order valence-electron chi connectivity index (χ4n) is 2.69. The molecule has 0 saturated heterocycles. The van der Waals surface area contributed by atoms with Crippen molar-refractivity contribution in [3.8, 4) is 5.75 Å². The Morgan fingerprint density at radius 3 is 2.03 bits per heavy atom. The van der Waals surface area contributed by atoms with Gasteiger partial charge in [0.25, 0.3) is 10.0 Å². The Hall–Kier alpha value is -2.87. The molecule has 0 bridgehead atoms. The van der Waals surface area contributed by atoms with Crippen molar-refractivity contribution in [2.45, 2.75) is 11.8 Å². The summed E-state index contributed by atoms with van der Waals surface area (Å²) in [5, 5.41) is 0.428. The molecule has 9 heteroatoms. The summed E-state index contributed by atoms with van der Waals surface area (Å²) in [6.45, 7) is 1.43. The van der Waals surface area contributed by atoms with Gasteiger partial charge < -0.3 is 4.74 Å². The number of ether oxygens (including phenoxy) is 1. The quantitative estimate of drug-likeness (QED) is 0.275. The minimum atomic E-state index is -4.07. The van der Waals surface area contributed by atoms with Crippen LogP contribution >= 0.6 is 23.2 Å². The summed E-state index contributed by atoms with van der Waals surface area (Å²) in [4.78, 5) is 23.7. The molecule has 0 spiro atoms. The fraction of sp³-hybridized carbons (Fsp3) is 0.0909. The van der Waals surface area contributed by atoms with Gasteiger partial charge in [0.1, 0.15) is 10.6 Å². The van der Waals surface area contributed by atoms with Crippen LogP contribution in [-0.4, -0.2) is 27.2 Å². The van der Waals surface area contributed by atoms with Crippen LogP contribution < -0.4 is 9.04 Å². The van der Waals surface area contributed by atoms with Crippen molar-refractivity contribution < 1.29 is 22.7 Å². The van der Waals surface area contributed by atoms with E-state index < -0.39 is 16.0 Å². The molecule has 0 aliphatic carbocycles.